The first-order chi connectivity index (χ1) is 9.15. The first-order valence-electron chi connectivity index (χ1n) is 6.13. The fraction of sp³-hybridized carbons (Fsp3) is 0.200. The second kappa shape index (κ2) is 5.61. The Morgan fingerprint density at radius 1 is 1.21 bits per heavy atom. The van der Waals surface area contributed by atoms with E-state index in [1.165, 1.54) is 18.7 Å². The maximum Gasteiger partial charge on any atom is 0.167 e. The number of methoxy groups -OCH3 is 1. The van der Waals surface area contributed by atoms with E-state index < -0.39 is 5.82 Å². The maximum absolute atomic E-state index is 13.5. The number of para-hydroxylation sites is 1. The lowest BCUT2D eigenvalue weighted by Crippen LogP contribution is -2.01. The van der Waals surface area contributed by atoms with E-state index in [1.54, 1.807) is 6.07 Å². The third-order valence-corrected chi connectivity index (χ3v) is 2.99. The van der Waals surface area contributed by atoms with Crippen LogP contribution in [0.5, 0.6) is 5.75 Å². The number of ether oxygens (including phenoxy) is 1. The number of nitrogens with one attached hydrogen (secondary N) is 1. The fourth-order valence-corrected chi connectivity index (χ4v) is 1.93. The van der Waals surface area contributed by atoms with Gasteiger partial charge in [-0.3, -0.25) is 0 Å². The van der Waals surface area contributed by atoms with Gasteiger partial charge >= 0.3 is 0 Å². The lowest BCUT2D eigenvalue weighted by Gasteiger charge is -2.14. The zero-order chi connectivity index (χ0) is 13.8. The summed E-state index contributed by atoms with van der Waals surface area (Å²) in [6, 6.07) is 10.8. The smallest absolute Gasteiger partial charge is 0.167 e. The van der Waals surface area contributed by atoms with E-state index in [0.717, 1.165) is 12.1 Å². The summed E-state index contributed by atoms with van der Waals surface area (Å²) in [7, 11) is 1.43. The van der Waals surface area contributed by atoms with Crippen LogP contribution in [0.3, 0.4) is 0 Å². The van der Waals surface area contributed by atoms with E-state index in [2.05, 4.69) is 12.2 Å². The summed E-state index contributed by atoms with van der Waals surface area (Å²) < 4.78 is 18.4. The summed E-state index contributed by atoms with van der Waals surface area (Å²) in [5.41, 5.74) is 8.95. The quantitative estimate of drug-likeness (QED) is 0.823. The van der Waals surface area contributed by atoms with E-state index in [-0.39, 0.29) is 5.75 Å². The maximum atomic E-state index is 13.5. The van der Waals surface area contributed by atoms with Crippen molar-refractivity contribution in [3.8, 4) is 5.75 Å². The van der Waals surface area contributed by atoms with Gasteiger partial charge in [-0.2, -0.15) is 0 Å². The molecule has 0 saturated carbocycles. The van der Waals surface area contributed by atoms with Crippen molar-refractivity contribution >= 4 is 17.1 Å². The molecule has 0 fully saturated rings. The number of rotatable bonds is 4. The minimum atomic E-state index is -0.464. The van der Waals surface area contributed by atoms with Crippen molar-refractivity contribution in [3.05, 3.63) is 47.8 Å². The van der Waals surface area contributed by atoms with Crippen molar-refractivity contribution in [2.75, 3.05) is 18.2 Å². The summed E-state index contributed by atoms with van der Waals surface area (Å²) in [6.07, 6.45) is 0.904. The van der Waals surface area contributed by atoms with Crippen LogP contribution >= 0.6 is 0 Å². The Balaban J connectivity index is 2.38. The molecule has 0 radical (unpaired) electrons. The number of nitrogens with two attached hydrogens (primary N) is 1. The number of hydrogen-bond donors (Lipinski definition) is 2. The summed E-state index contributed by atoms with van der Waals surface area (Å²) in [4.78, 5) is 0. The largest absolute Gasteiger partial charge is 0.494 e. The molecule has 0 aliphatic carbocycles. The molecule has 100 valence electrons. The number of nitrogen functional groups attached to an aromatic ring is 1. The van der Waals surface area contributed by atoms with Crippen LogP contribution in [0.2, 0.25) is 0 Å². The van der Waals surface area contributed by atoms with Crippen LogP contribution in [-0.4, -0.2) is 7.11 Å². The Morgan fingerprint density at radius 2 is 1.95 bits per heavy atom. The highest BCUT2D eigenvalue weighted by atomic mass is 19.1. The lowest BCUT2D eigenvalue weighted by molar-refractivity contribution is 0.387. The minimum absolute atomic E-state index is 0.172. The van der Waals surface area contributed by atoms with Crippen molar-refractivity contribution in [2.24, 2.45) is 0 Å². The summed E-state index contributed by atoms with van der Waals surface area (Å²) in [5.74, 6) is -0.292. The number of aryl methyl sites for hydroxylation is 1. The molecule has 3 N–H and O–H groups in total. The molecule has 0 amide bonds. The monoisotopic (exact) mass is 260 g/mol. The molecule has 0 aliphatic rings. The third-order valence-electron chi connectivity index (χ3n) is 2.99. The highest BCUT2D eigenvalue weighted by Crippen LogP contribution is 2.31. The highest BCUT2D eigenvalue weighted by Gasteiger charge is 2.09. The van der Waals surface area contributed by atoms with Crippen molar-refractivity contribution in [1.82, 2.24) is 0 Å². The Hall–Kier alpha value is -2.23. The van der Waals surface area contributed by atoms with Crippen LogP contribution in [0.15, 0.2) is 36.4 Å². The number of anilines is 3. The van der Waals surface area contributed by atoms with Gasteiger partial charge in [0.1, 0.15) is 0 Å². The number of halogens is 1. The first-order valence-corrected chi connectivity index (χ1v) is 6.13. The normalized spacial score (nSPS) is 10.3. The average Bonchev–Trinajstić information content (AvgIpc) is 2.42. The second-order valence-electron chi connectivity index (χ2n) is 4.21. The van der Waals surface area contributed by atoms with Crippen LogP contribution in [-0.2, 0) is 6.42 Å². The standard InChI is InChI=1S/C15H17FN2O/c1-3-10-6-4-5-7-13(10)18-14-9-15(19-2)11(16)8-12(14)17/h4-9,18H,3,17H2,1-2H3. The molecule has 2 aromatic rings. The topological polar surface area (TPSA) is 47.3 Å². The SMILES string of the molecule is CCc1ccccc1Nc1cc(OC)c(F)cc1N. The average molecular weight is 260 g/mol. The molecule has 0 saturated heterocycles. The molecular weight excluding hydrogens is 243 g/mol. The molecular formula is C15H17FN2O. The van der Waals surface area contributed by atoms with Gasteiger partial charge in [-0.25, -0.2) is 4.39 Å². The van der Waals surface area contributed by atoms with Crippen molar-refractivity contribution < 1.29 is 9.13 Å². The van der Waals surface area contributed by atoms with E-state index >= 15 is 0 Å². The summed E-state index contributed by atoms with van der Waals surface area (Å²) >= 11 is 0. The summed E-state index contributed by atoms with van der Waals surface area (Å²) in [5, 5.41) is 3.22. The predicted molar refractivity (Wildman–Crippen MR) is 76.5 cm³/mol. The van der Waals surface area contributed by atoms with Crippen LogP contribution in [0.25, 0.3) is 0 Å². The molecule has 0 spiro atoms. The van der Waals surface area contributed by atoms with E-state index in [9.17, 15) is 4.39 Å². The van der Waals surface area contributed by atoms with Gasteiger partial charge in [-0.15, -0.1) is 0 Å². The third kappa shape index (κ3) is 2.78. The molecule has 19 heavy (non-hydrogen) atoms. The Morgan fingerprint density at radius 3 is 2.63 bits per heavy atom. The fourth-order valence-electron chi connectivity index (χ4n) is 1.93. The molecule has 0 bridgehead atoms. The van der Waals surface area contributed by atoms with Crippen LogP contribution in [0.4, 0.5) is 21.5 Å². The summed E-state index contributed by atoms with van der Waals surface area (Å²) in [6.45, 7) is 2.08. The van der Waals surface area contributed by atoms with E-state index in [4.69, 9.17) is 10.5 Å². The molecule has 2 rings (SSSR count). The second-order valence-corrected chi connectivity index (χ2v) is 4.21. The Kier molecular flexibility index (Phi) is 3.90. The molecule has 0 aliphatic heterocycles. The molecule has 0 atom stereocenters. The predicted octanol–water partition coefficient (Wildman–Crippen LogP) is 3.72. The van der Waals surface area contributed by atoms with Gasteiger partial charge in [0, 0.05) is 17.8 Å². The van der Waals surface area contributed by atoms with Crippen molar-refractivity contribution in [2.45, 2.75) is 13.3 Å². The molecule has 0 heterocycles. The molecule has 4 heteroatoms. The van der Waals surface area contributed by atoms with Gasteiger partial charge in [0.05, 0.1) is 18.5 Å². The van der Waals surface area contributed by atoms with Crippen molar-refractivity contribution in [1.29, 1.82) is 0 Å². The van der Waals surface area contributed by atoms with Gasteiger partial charge < -0.3 is 15.8 Å². The van der Waals surface area contributed by atoms with Crippen LogP contribution < -0.4 is 15.8 Å². The van der Waals surface area contributed by atoms with Crippen LogP contribution in [0.1, 0.15) is 12.5 Å². The molecule has 0 aromatic heterocycles. The lowest BCUT2D eigenvalue weighted by atomic mass is 10.1. The Bertz CT molecular complexity index is 584. The molecule has 2 aromatic carbocycles. The van der Waals surface area contributed by atoms with Crippen molar-refractivity contribution in [3.63, 3.8) is 0 Å². The van der Waals surface area contributed by atoms with E-state index in [1.807, 2.05) is 24.3 Å². The van der Waals surface area contributed by atoms with E-state index in [0.29, 0.717) is 11.4 Å². The highest BCUT2D eigenvalue weighted by molar-refractivity contribution is 5.75. The number of benzene rings is 2. The van der Waals surface area contributed by atoms with Crippen LogP contribution in [0, 0.1) is 5.82 Å². The van der Waals surface area contributed by atoms with Gasteiger partial charge in [0.2, 0.25) is 0 Å². The number of hydrogen-bond acceptors (Lipinski definition) is 3. The zero-order valence-corrected chi connectivity index (χ0v) is 11.0. The van der Waals surface area contributed by atoms with Gasteiger partial charge in [0.25, 0.3) is 0 Å². The minimum Gasteiger partial charge on any atom is -0.494 e. The van der Waals surface area contributed by atoms with Gasteiger partial charge in [-0.05, 0) is 18.1 Å². The molecule has 0 unspecified atom stereocenters. The van der Waals surface area contributed by atoms with Gasteiger partial charge in [-0.1, -0.05) is 25.1 Å². The Labute approximate surface area is 112 Å². The zero-order valence-electron chi connectivity index (χ0n) is 11.0. The molecule has 3 nitrogen and oxygen atoms in total. The first kappa shape index (κ1) is 13.2. The van der Waals surface area contributed by atoms with Gasteiger partial charge in [0.15, 0.2) is 11.6 Å².